The van der Waals surface area contributed by atoms with Gasteiger partial charge in [-0.25, -0.2) is 13.1 Å². The second-order valence-corrected chi connectivity index (χ2v) is 2.74. The zero-order valence-corrected chi connectivity index (χ0v) is 6.62. The van der Waals surface area contributed by atoms with Crippen molar-refractivity contribution in [2.24, 2.45) is 0 Å². The summed E-state index contributed by atoms with van der Waals surface area (Å²) >= 11 is 0. The first-order valence-corrected chi connectivity index (χ1v) is 4.24. The average Bonchev–Trinajstić information content (AvgIpc) is 2.03. The number of aromatic nitrogens is 1. The molecule has 0 aliphatic carbocycles. The highest BCUT2D eigenvalue weighted by molar-refractivity contribution is 7.70. The van der Waals surface area contributed by atoms with E-state index in [-0.39, 0.29) is 6.54 Å². The molecule has 5 heteroatoms. The summed E-state index contributed by atoms with van der Waals surface area (Å²) in [5.41, 5.74) is 0.715. The molecule has 1 aromatic heterocycles. The third kappa shape index (κ3) is 3.10. The highest BCUT2D eigenvalue weighted by atomic mass is 32.2. The van der Waals surface area contributed by atoms with E-state index in [1.165, 1.54) is 0 Å². The monoisotopic (exact) mass is 172 g/mol. The Bertz CT molecular complexity index is 276. The van der Waals surface area contributed by atoms with Gasteiger partial charge in [0.15, 0.2) is 0 Å². The summed E-state index contributed by atoms with van der Waals surface area (Å²) in [5, 5.41) is 0. The van der Waals surface area contributed by atoms with Crippen LogP contribution in [0.3, 0.4) is 0 Å². The summed E-state index contributed by atoms with van der Waals surface area (Å²) in [5.74, 6) is 0. The van der Waals surface area contributed by atoms with Crippen LogP contribution in [0.2, 0.25) is 0 Å². The lowest BCUT2D eigenvalue weighted by atomic mass is 10.4. The Morgan fingerprint density at radius 2 is 2.27 bits per heavy atom. The quantitative estimate of drug-likeness (QED) is 0.615. The van der Waals surface area contributed by atoms with Crippen LogP contribution in [0.5, 0.6) is 0 Å². The fraction of sp³-hybridized carbons (Fsp3) is 0.167. The Balaban J connectivity index is 2.52. The molecule has 0 radical (unpaired) electrons. The maximum Gasteiger partial charge on any atom is 0.201 e. The number of hydrogen-bond acceptors (Lipinski definition) is 3. The molecule has 0 amide bonds. The third-order valence-electron chi connectivity index (χ3n) is 1.12. The number of thiol groups is 1. The predicted octanol–water partition coefficient (Wildman–Crippen LogP) is -0.302. The maximum absolute atomic E-state index is 10.1. The molecule has 0 bridgehead atoms. The molecular formula is C6H8N2O2S. The topological polar surface area (TPSA) is 59.1 Å². The van der Waals surface area contributed by atoms with Crippen LogP contribution in [-0.4, -0.2) is 13.4 Å². The lowest BCUT2D eigenvalue weighted by molar-refractivity contribution is 0.600. The fourth-order valence-corrected chi connectivity index (χ4v) is 0.939. The molecule has 1 rings (SSSR count). The van der Waals surface area contributed by atoms with E-state index in [2.05, 4.69) is 9.71 Å². The van der Waals surface area contributed by atoms with Gasteiger partial charge in [-0.15, -0.1) is 0 Å². The van der Waals surface area contributed by atoms with Crippen LogP contribution in [0, 0.1) is 0 Å². The number of pyridine rings is 1. The first-order valence-electron chi connectivity index (χ1n) is 3.07. The van der Waals surface area contributed by atoms with Gasteiger partial charge in [0.05, 0.1) is 12.2 Å². The van der Waals surface area contributed by atoms with Crippen molar-refractivity contribution in [1.29, 1.82) is 0 Å². The maximum atomic E-state index is 10.1. The molecule has 0 saturated carbocycles. The summed E-state index contributed by atoms with van der Waals surface area (Å²) in [7, 11) is -2.51. The first-order chi connectivity index (χ1) is 5.29. The van der Waals surface area contributed by atoms with Gasteiger partial charge in [0.1, 0.15) is 0 Å². The SMILES string of the molecule is O=[SH](=O)NCc1ccccn1. The van der Waals surface area contributed by atoms with Crippen molar-refractivity contribution in [2.75, 3.05) is 0 Å². The minimum atomic E-state index is -2.51. The van der Waals surface area contributed by atoms with Gasteiger partial charge in [-0.1, -0.05) is 6.07 Å². The molecule has 1 aromatic rings. The van der Waals surface area contributed by atoms with Gasteiger partial charge in [-0.3, -0.25) is 4.98 Å². The standard InChI is InChI=1S/C6H8N2O2S/c9-11(10)8-5-6-3-1-2-4-7-6/h1-4,11H,5H2,(H,8,9,10). The smallest absolute Gasteiger partial charge is 0.201 e. The van der Waals surface area contributed by atoms with Gasteiger partial charge < -0.3 is 0 Å². The van der Waals surface area contributed by atoms with Crippen molar-refractivity contribution in [1.82, 2.24) is 9.71 Å². The van der Waals surface area contributed by atoms with E-state index in [0.717, 1.165) is 0 Å². The number of rotatable bonds is 3. The highest BCUT2D eigenvalue weighted by Crippen LogP contribution is 1.90. The molecule has 1 heterocycles. The number of hydrogen-bond donors (Lipinski definition) is 2. The van der Waals surface area contributed by atoms with Crippen molar-refractivity contribution < 1.29 is 8.42 Å². The normalized spacial score (nSPS) is 10.3. The molecule has 0 saturated heterocycles. The molecule has 0 aliphatic heterocycles. The Morgan fingerprint density at radius 1 is 1.45 bits per heavy atom. The van der Waals surface area contributed by atoms with E-state index in [4.69, 9.17) is 0 Å². The third-order valence-corrected chi connectivity index (χ3v) is 1.53. The van der Waals surface area contributed by atoms with E-state index in [0.29, 0.717) is 5.69 Å². The van der Waals surface area contributed by atoms with Gasteiger partial charge >= 0.3 is 0 Å². The molecule has 0 aromatic carbocycles. The van der Waals surface area contributed by atoms with Crippen molar-refractivity contribution in [3.63, 3.8) is 0 Å². The average molecular weight is 172 g/mol. The summed E-state index contributed by atoms with van der Waals surface area (Å²) < 4.78 is 22.4. The van der Waals surface area contributed by atoms with Gasteiger partial charge in [0.25, 0.3) is 0 Å². The van der Waals surface area contributed by atoms with Crippen LogP contribution in [0.25, 0.3) is 0 Å². The van der Waals surface area contributed by atoms with Crippen molar-refractivity contribution in [2.45, 2.75) is 6.54 Å². The van der Waals surface area contributed by atoms with Gasteiger partial charge in [-0.2, -0.15) is 0 Å². The zero-order valence-electron chi connectivity index (χ0n) is 5.73. The van der Waals surface area contributed by atoms with Crippen LogP contribution in [0.4, 0.5) is 0 Å². The largest absolute Gasteiger partial charge is 0.260 e. The molecule has 0 unspecified atom stereocenters. The Morgan fingerprint density at radius 3 is 2.82 bits per heavy atom. The summed E-state index contributed by atoms with van der Waals surface area (Å²) in [6.45, 7) is 0.263. The first kappa shape index (κ1) is 8.16. The van der Waals surface area contributed by atoms with Crippen LogP contribution in [0.1, 0.15) is 5.69 Å². The van der Waals surface area contributed by atoms with E-state index in [1.807, 2.05) is 6.07 Å². The molecule has 4 nitrogen and oxygen atoms in total. The Hall–Kier alpha value is -0.940. The van der Waals surface area contributed by atoms with E-state index in [1.54, 1.807) is 18.3 Å². The van der Waals surface area contributed by atoms with E-state index in [9.17, 15) is 8.42 Å². The molecule has 11 heavy (non-hydrogen) atoms. The summed E-state index contributed by atoms with van der Waals surface area (Å²) in [4.78, 5) is 3.92. The minimum Gasteiger partial charge on any atom is -0.260 e. The second kappa shape index (κ2) is 4.05. The molecule has 60 valence electrons. The van der Waals surface area contributed by atoms with Gasteiger partial charge in [-0.05, 0) is 12.1 Å². The molecule has 1 N–H and O–H groups in total. The van der Waals surface area contributed by atoms with Crippen LogP contribution < -0.4 is 4.72 Å². The fourth-order valence-electron chi connectivity index (χ4n) is 0.648. The molecule has 0 atom stereocenters. The van der Waals surface area contributed by atoms with Gasteiger partial charge in [0, 0.05) is 6.20 Å². The molecule has 0 spiro atoms. The molecule has 0 aliphatic rings. The summed E-state index contributed by atoms with van der Waals surface area (Å²) in [6.07, 6.45) is 1.62. The van der Waals surface area contributed by atoms with Crippen molar-refractivity contribution >= 4 is 10.9 Å². The van der Waals surface area contributed by atoms with Gasteiger partial charge in [0.2, 0.25) is 10.9 Å². The second-order valence-electron chi connectivity index (χ2n) is 1.91. The van der Waals surface area contributed by atoms with Crippen LogP contribution in [0.15, 0.2) is 24.4 Å². The lowest BCUT2D eigenvalue weighted by Crippen LogP contribution is -2.10. The Kier molecular flexibility index (Phi) is 3.00. The van der Waals surface area contributed by atoms with Crippen LogP contribution in [-0.2, 0) is 17.4 Å². The zero-order chi connectivity index (χ0) is 8.10. The number of nitrogens with one attached hydrogen (secondary N) is 1. The van der Waals surface area contributed by atoms with Crippen LogP contribution >= 0.6 is 0 Å². The minimum absolute atomic E-state index is 0.263. The van der Waals surface area contributed by atoms with Crippen molar-refractivity contribution in [3.05, 3.63) is 30.1 Å². The summed E-state index contributed by atoms with van der Waals surface area (Å²) in [6, 6.07) is 5.34. The molecule has 0 fully saturated rings. The predicted molar refractivity (Wildman–Crippen MR) is 41.4 cm³/mol. The lowest BCUT2D eigenvalue weighted by Gasteiger charge is -1.94. The number of nitrogens with zero attached hydrogens (tertiary/aromatic N) is 1. The van der Waals surface area contributed by atoms with E-state index >= 15 is 0 Å². The Labute approximate surface area is 66.4 Å². The highest BCUT2D eigenvalue weighted by Gasteiger charge is 1.90. The van der Waals surface area contributed by atoms with Crippen molar-refractivity contribution in [3.8, 4) is 0 Å². The molecular weight excluding hydrogens is 164 g/mol. The van der Waals surface area contributed by atoms with E-state index < -0.39 is 10.9 Å².